The standard InChI is InChI=1S/C15H21N3O2/c16-13(9-6-11-4-2-1-3-5-11)15(20)17-10-14(19)18-12-7-8-12/h1-5,12-13H,6-10,16H2,(H,17,20)(H,18,19). The lowest BCUT2D eigenvalue weighted by Crippen LogP contribution is -2.45. The van der Waals surface area contributed by atoms with Gasteiger partial charge in [-0.1, -0.05) is 30.3 Å². The Morgan fingerprint density at radius 3 is 2.60 bits per heavy atom. The molecule has 0 heterocycles. The van der Waals surface area contributed by atoms with E-state index in [2.05, 4.69) is 10.6 Å². The fraction of sp³-hybridized carbons (Fsp3) is 0.467. The van der Waals surface area contributed by atoms with E-state index in [1.807, 2.05) is 30.3 Å². The summed E-state index contributed by atoms with van der Waals surface area (Å²) >= 11 is 0. The Morgan fingerprint density at radius 1 is 1.25 bits per heavy atom. The SMILES string of the molecule is NC(CCc1ccccc1)C(=O)NCC(=O)NC1CC1. The number of carbonyl (C=O) groups is 2. The molecule has 1 aliphatic rings. The fourth-order valence-corrected chi connectivity index (χ4v) is 1.90. The predicted molar refractivity (Wildman–Crippen MR) is 76.9 cm³/mol. The lowest BCUT2D eigenvalue weighted by Gasteiger charge is -2.12. The molecule has 2 rings (SSSR count). The van der Waals surface area contributed by atoms with Gasteiger partial charge in [0, 0.05) is 6.04 Å². The highest BCUT2D eigenvalue weighted by atomic mass is 16.2. The van der Waals surface area contributed by atoms with Crippen LogP contribution in [0.15, 0.2) is 30.3 Å². The van der Waals surface area contributed by atoms with Gasteiger partial charge in [-0.2, -0.15) is 0 Å². The van der Waals surface area contributed by atoms with Gasteiger partial charge >= 0.3 is 0 Å². The van der Waals surface area contributed by atoms with E-state index in [-0.39, 0.29) is 18.4 Å². The Hall–Kier alpha value is -1.88. The number of carbonyl (C=O) groups excluding carboxylic acids is 2. The Kier molecular flexibility index (Phi) is 5.12. The van der Waals surface area contributed by atoms with E-state index in [1.165, 1.54) is 0 Å². The van der Waals surface area contributed by atoms with Crippen LogP contribution in [0.1, 0.15) is 24.8 Å². The summed E-state index contributed by atoms with van der Waals surface area (Å²) in [5.41, 5.74) is 6.98. The molecule has 108 valence electrons. The minimum Gasteiger partial charge on any atom is -0.352 e. The van der Waals surface area contributed by atoms with E-state index in [0.717, 1.165) is 24.8 Å². The molecule has 5 nitrogen and oxygen atoms in total. The molecule has 0 aliphatic heterocycles. The lowest BCUT2D eigenvalue weighted by molar-refractivity contribution is -0.126. The van der Waals surface area contributed by atoms with E-state index < -0.39 is 6.04 Å². The summed E-state index contributed by atoms with van der Waals surface area (Å²) in [6.07, 6.45) is 3.40. The number of benzene rings is 1. The van der Waals surface area contributed by atoms with Gasteiger partial charge in [0.05, 0.1) is 12.6 Å². The second-order valence-corrected chi connectivity index (χ2v) is 5.19. The molecule has 1 aliphatic carbocycles. The van der Waals surface area contributed by atoms with Crippen LogP contribution in [0.25, 0.3) is 0 Å². The third-order valence-corrected chi connectivity index (χ3v) is 3.29. The monoisotopic (exact) mass is 275 g/mol. The first-order chi connectivity index (χ1) is 9.65. The molecule has 0 spiro atoms. The van der Waals surface area contributed by atoms with Gasteiger partial charge < -0.3 is 16.4 Å². The van der Waals surface area contributed by atoms with Gasteiger partial charge in [-0.15, -0.1) is 0 Å². The molecular formula is C15H21N3O2. The van der Waals surface area contributed by atoms with Crippen LogP contribution < -0.4 is 16.4 Å². The maximum absolute atomic E-state index is 11.8. The van der Waals surface area contributed by atoms with Crippen LogP contribution in [0.2, 0.25) is 0 Å². The van der Waals surface area contributed by atoms with Crippen molar-refractivity contribution in [1.29, 1.82) is 0 Å². The topological polar surface area (TPSA) is 84.2 Å². The minimum absolute atomic E-state index is 0.00830. The van der Waals surface area contributed by atoms with Crippen molar-refractivity contribution in [2.75, 3.05) is 6.54 Å². The normalized spacial score (nSPS) is 15.4. The summed E-state index contributed by atoms with van der Waals surface area (Å²) in [7, 11) is 0. The molecule has 1 atom stereocenters. The summed E-state index contributed by atoms with van der Waals surface area (Å²) < 4.78 is 0. The van der Waals surface area contributed by atoms with Gasteiger partial charge in [0.1, 0.15) is 0 Å². The molecule has 1 fully saturated rings. The molecule has 1 aromatic carbocycles. The first-order valence-corrected chi connectivity index (χ1v) is 7.02. The largest absolute Gasteiger partial charge is 0.352 e. The molecule has 1 aromatic rings. The lowest BCUT2D eigenvalue weighted by atomic mass is 10.1. The van der Waals surface area contributed by atoms with Crippen molar-refractivity contribution >= 4 is 11.8 Å². The van der Waals surface area contributed by atoms with E-state index in [1.54, 1.807) is 0 Å². The van der Waals surface area contributed by atoms with Crippen LogP contribution in [0, 0.1) is 0 Å². The number of hydrogen-bond donors (Lipinski definition) is 3. The van der Waals surface area contributed by atoms with Gasteiger partial charge in [0.15, 0.2) is 0 Å². The van der Waals surface area contributed by atoms with E-state index in [0.29, 0.717) is 12.5 Å². The van der Waals surface area contributed by atoms with Crippen molar-refractivity contribution in [2.45, 2.75) is 37.8 Å². The zero-order valence-electron chi connectivity index (χ0n) is 11.5. The second kappa shape index (κ2) is 7.05. The molecule has 0 aromatic heterocycles. The molecule has 1 unspecified atom stereocenters. The van der Waals surface area contributed by atoms with Crippen LogP contribution in [-0.4, -0.2) is 30.4 Å². The van der Waals surface area contributed by atoms with Crippen LogP contribution in [0.3, 0.4) is 0 Å². The van der Waals surface area contributed by atoms with Crippen LogP contribution in [0.4, 0.5) is 0 Å². The van der Waals surface area contributed by atoms with Crippen LogP contribution in [-0.2, 0) is 16.0 Å². The minimum atomic E-state index is -0.580. The summed E-state index contributed by atoms with van der Waals surface area (Å²) in [6, 6.07) is 9.62. The van der Waals surface area contributed by atoms with E-state index in [9.17, 15) is 9.59 Å². The Balaban J connectivity index is 1.64. The van der Waals surface area contributed by atoms with Crippen LogP contribution in [0.5, 0.6) is 0 Å². The average molecular weight is 275 g/mol. The Bertz CT molecular complexity index is 457. The molecule has 0 bridgehead atoms. The van der Waals surface area contributed by atoms with Gasteiger partial charge in [0.25, 0.3) is 0 Å². The first kappa shape index (κ1) is 14.5. The van der Waals surface area contributed by atoms with Gasteiger partial charge in [-0.25, -0.2) is 0 Å². The van der Waals surface area contributed by atoms with Gasteiger partial charge in [-0.3, -0.25) is 9.59 Å². The molecule has 20 heavy (non-hydrogen) atoms. The predicted octanol–water partition coefficient (Wildman–Crippen LogP) is 0.341. The molecule has 1 saturated carbocycles. The first-order valence-electron chi connectivity index (χ1n) is 7.02. The highest BCUT2D eigenvalue weighted by Crippen LogP contribution is 2.18. The quantitative estimate of drug-likeness (QED) is 0.671. The Labute approximate surface area is 118 Å². The second-order valence-electron chi connectivity index (χ2n) is 5.19. The van der Waals surface area contributed by atoms with Crippen molar-refractivity contribution in [3.63, 3.8) is 0 Å². The number of amides is 2. The average Bonchev–Trinajstić information content (AvgIpc) is 3.27. The van der Waals surface area contributed by atoms with Crippen LogP contribution >= 0.6 is 0 Å². The maximum atomic E-state index is 11.8. The summed E-state index contributed by atoms with van der Waals surface area (Å²) in [4.78, 5) is 23.2. The molecule has 5 heteroatoms. The Morgan fingerprint density at radius 2 is 1.95 bits per heavy atom. The summed E-state index contributed by atoms with van der Waals surface area (Å²) in [5.74, 6) is -0.414. The highest BCUT2D eigenvalue weighted by Gasteiger charge is 2.23. The highest BCUT2D eigenvalue weighted by molar-refractivity contribution is 5.87. The molecule has 0 saturated heterocycles. The van der Waals surface area contributed by atoms with Crippen molar-refractivity contribution in [3.8, 4) is 0 Å². The zero-order chi connectivity index (χ0) is 14.4. The summed E-state index contributed by atoms with van der Waals surface area (Å²) in [5, 5.41) is 5.39. The zero-order valence-corrected chi connectivity index (χ0v) is 11.5. The third-order valence-electron chi connectivity index (χ3n) is 3.29. The number of nitrogens with one attached hydrogen (secondary N) is 2. The molecule has 0 radical (unpaired) electrons. The van der Waals surface area contributed by atoms with Crippen molar-refractivity contribution in [2.24, 2.45) is 5.73 Å². The molecule has 4 N–H and O–H groups in total. The van der Waals surface area contributed by atoms with Crippen molar-refractivity contribution in [3.05, 3.63) is 35.9 Å². The number of hydrogen-bond acceptors (Lipinski definition) is 3. The number of aryl methyl sites for hydroxylation is 1. The fourth-order valence-electron chi connectivity index (χ4n) is 1.90. The molecular weight excluding hydrogens is 254 g/mol. The van der Waals surface area contributed by atoms with E-state index >= 15 is 0 Å². The number of nitrogens with two attached hydrogens (primary N) is 1. The van der Waals surface area contributed by atoms with Crippen molar-refractivity contribution < 1.29 is 9.59 Å². The van der Waals surface area contributed by atoms with Gasteiger partial charge in [0.2, 0.25) is 11.8 Å². The third kappa shape index (κ3) is 5.01. The van der Waals surface area contributed by atoms with Crippen molar-refractivity contribution in [1.82, 2.24) is 10.6 Å². The van der Waals surface area contributed by atoms with E-state index in [4.69, 9.17) is 5.73 Å². The number of rotatable bonds is 7. The summed E-state index contributed by atoms with van der Waals surface area (Å²) in [6.45, 7) is 0.00830. The smallest absolute Gasteiger partial charge is 0.239 e. The molecule has 2 amide bonds. The maximum Gasteiger partial charge on any atom is 0.239 e. The van der Waals surface area contributed by atoms with Gasteiger partial charge in [-0.05, 0) is 31.2 Å².